The average Bonchev–Trinajstić information content (AvgIpc) is 2.78. The molecule has 3 aliphatic heterocycles. The van der Waals surface area contributed by atoms with Gasteiger partial charge in [-0.1, -0.05) is 0 Å². The van der Waals surface area contributed by atoms with Crippen LogP contribution >= 0.6 is 0 Å². The molecule has 2 amide bonds. The molecule has 0 unspecified atom stereocenters. The second kappa shape index (κ2) is 7.70. The van der Waals surface area contributed by atoms with Gasteiger partial charge in [0.2, 0.25) is 5.91 Å². The number of hydrogen-bond donors (Lipinski definition) is 1. The van der Waals surface area contributed by atoms with Crippen LogP contribution in [0.2, 0.25) is 0 Å². The SMILES string of the molecule is CCOC(=O)N1CCC(N2CCC3(CC2)CNC(=O)CCO3)CC1. The predicted octanol–water partition coefficient (Wildman–Crippen LogP) is 0.978. The lowest BCUT2D eigenvalue weighted by atomic mass is 9.89. The number of hydrogen-bond acceptors (Lipinski definition) is 5. The fourth-order valence-corrected chi connectivity index (χ4v) is 4.01. The number of ether oxygens (including phenoxy) is 2. The molecule has 1 spiro atoms. The zero-order valence-corrected chi connectivity index (χ0v) is 14.6. The number of carbonyl (C=O) groups is 2. The van der Waals surface area contributed by atoms with Gasteiger partial charge >= 0.3 is 6.09 Å². The van der Waals surface area contributed by atoms with E-state index in [9.17, 15) is 9.59 Å². The molecule has 136 valence electrons. The Morgan fingerprint density at radius 3 is 2.67 bits per heavy atom. The smallest absolute Gasteiger partial charge is 0.409 e. The molecule has 0 aromatic carbocycles. The van der Waals surface area contributed by atoms with Gasteiger partial charge in [-0.15, -0.1) is 0 Å². The highest BCUT2D eigenvalue weighted by molar-refractivity contribution is 5.76. The van der Waals surface area contributed by atoms with Crippen molar-refractivity contribution in [3.05, 3.63) is 0 Å². The fourth-order valence-electron chi connectivity index (χ4n) is 4.01. The maximum absolute atomic E-state index is 11.8. The van der Waals surface area contributed by atoms with E-state index < -0.39 is 0 Å². The summed E-state index contributed by atoms with van der Waals surface area (Å²) in [5.41, 5.74) is -0.172. The molecular formula is C17H29N3O4. The van der Waals surface area contributed by atoms with Crippen molar-refractivity contribution in [2.75, 3.05) is 45.9 Å². The van der Waals surface area contributed by atoms with Crippen LogP contribution < -0.4 is 5.32 Å². The summed E-state index contributed by atoms with van der Waals surface area (Å²) in [5.74, 6) is 0.0978. The van der Waals surface area contributed by atoms with Gasteiger partial charge < -0.3 is 24.6 Å². The Balaban J connectivity index is 1.46. The Morgan fingerprint density at radius 1 is 1.29 bits per heavy atom. The molecule has 3 aliphatic rings. The van der Waals surface area contributed by atoms with E-state index in [0.29, 0.717) is 32.2 Å². The first-order valence-corrected chi connectivity index (χ1v) is 9.18. The highest BCUT2D eigenvalue weighted by Gasteiger charge is 2.39. The summed E-state index contributed by atoms with van der Waals surface area (Å²) >= 11 is 0. The van der Waals surface area contributed by atoms with Crippen molar-refractivity contribution in [1.82, 2.24) is 15.1 Å². The van der Waals surface area contributed by atoms with Crippen LogP contribution in [0.1, 0.15) is 39.0 Å². The molecular weight excluding hydrogens is 310 g/mol. The Hall–Kier alpha value is -1.34. The Labute approximate surface area is 143 Å². The van der Waals surface area contributed by atoms with Crippen molar-refractivity contribution >= 4 is 12.0 Å². The van der Waals surface area contributed by atoms with Gasteiger partial charge in [0, 0.05) is 45.2 Å². The Morgan fingerprint density at radius 2 is 2.00 bits per heavy atom. The third-order valence-corrected chi connectivity index (χ3v) is 5.56. The zero-order chi connectivity index (χ0) is 17.0. The molecule has 3 saturated heterocycles. The zero-order valence-electron chi connectivity index (χ0n) is 14.6. The third-order valence-electron chi connectivity index (χ3n) is 5.56. The van der Waals surface area contributed by atoms with Gasteiger partial charge in [0.15, 0.2) is 0 Å². The number of nitrogens with zero attached hydrogens (tertiary/aromatic N) is 2. The van der Waals surface area contributed by atoms with Crippen LogP contribution in [-0.2, 0) is 14.3 Å². The van der Waals surface area contributed by atoms with Crippen LogP contribution in [0, 0.1) is 0 Å². The number of likely N-dealkylation sites (tertiary alicyclic amines) is 2. The molecule has 3 fully saturated rings. The summed E-state index contributed by atoms with van der Waals surface area (Å²) in [6.45, 7) is 7.00. The van der Waals surface area contributed by atoms with Crippen molar-refractivity contribution in [3.8, 4) is 0 Å². The summed E-state index contributed by atoms with van der Waals surface area (Å²) in [5, 5.41) is 2.99. The van der Waals surface area contributed by atoms with Crippen molar-refractivity contribution < 1.29 is 19.1 Å². The van der Waals surface area contributed by atoms with E-state index in [1.807, 2.05) is 11.8 Å². The summed E-state index contributed by atoms with van der Waals surface area (Å²) in [6, 6.07) is 0.536. The lowest BCUT2D eigenvalue weighted by molar-refractivity contribution is -0.120. The van der Waals surface area contributed by atoms with Crippen LogP contribution in [0.5, 0.6) is 0 Å². The predicted molar refractivity (Wildman–Crippen MR) is 88.7 cm³/mol. The summed E-state index contributed by atoms with van der Waals surface area (Å²) < 4.78 is 11.1. The van der Waals surface area contributed by atoms with Gasteiger partial charge in [0.25, 0.3) is 0 Å². The third kappa shape index (κ3) is 4.00. The van der Waals surface area contributed by atoms with Gasteiger partial charge in [0.05, 0.1) is 18.8 Å². The molecule has 0 saturated carbocycles. The van der Waals surface area contributed by atoms with E-state index in [2.05, 4.69) is 10.2 Å². The molecule has 3 rings (SSSR count). The Bertz CT molecular complexity index is 455. The minimum absolute atomic E-state index is 0.0978. The van der Waals surface area contributed by atoms with E-state index in [0.717, 1.165) is 51.9 Å². The molecule has 24 heavy (non-hydrogen) atoms. The van der Waals surface area contributed by atoms with Gasteiger partial charge in [-0.3, -0.25) is 4.79 Å². The molecule has 7 nitrogen and oxygen atoms in total. The van der Waals surface area contributed by atoms with Crippen LogP contribution in [0.25, 0.3) is 0 Å². The second-order valence-corrected chi connectivity index (χ2v) is 7.01. The molecule has 1 N–H and O–H groups in total. The number of nitrogens with one attached hydrogen (secondary N) is 1. The van der Waals surface area contributed by atoms with Gasteiger partial charge in [-0.05, 0) is 32.6 Å². The van der Waals surface area contributed by atoms with Crippen LogP contribution in [-0.4, -0.2) is 79.4 Å². The number of rotatable bonds is 2. The molecule has 7 heteroatoms. The van der Waals surface area contributed by atoms with E-state index >= 15 is 0 Å². The molecule has 0 aromatic rings. The van der Waals surface area contributed by atoms with Gasteiger partial charge in [-0.25, -0.2) is 4.79 Å². The second-order valence-electron chi connectivity index (χ2n) is 7.01. The summed E-state index contributed by atoms with van der Waals surface area (Å²) in [4.78, 5) is 27.6. The first kappa shape index (κ1) is 17.5. The molecule has 0 atom stereocenters. The molecule has 3 heterocycles. The standard InChI is InChI=1S/C17H29N3O4/c1-2-23-16(22)20-8-3-14(4-9-20)19-10-6-17(7-11-19)13-18-15(21)5-12-24-17/h14H,2-13H2,1H3,(H,18,21). The van der Waals surface area contributed by atoms with Crippen molar-refractivity contribution in [2.24, 2.45) is 0 Å². The molecule has 0 aliphatic carbocycles. The number of amides is 2. The first-order chi connectivity index (χ1) is 11.6. The number of piperidine rings is 2. The monoisotopic (exact) mass is 339 g/mol. The topological polar surface area (TPSA) is 71.1 Å². The maximum Gasteiger partial charge on any atom is 0.409 e. The van der Waals surface area contributed by atoms with Crippen molar-refractivity contribution in [2.45, 2.75) is 50.7 Å². The quantitative estimate of drug-likeness (QED) is 0.812. The Kier molecular flexibility index (Phi) is 5.61. The van der Waals surface area contributed by atoms with E-state index in [1.165, 1.54) is 0 Å². The normalized spacial score (nSPS) is 26.0. The van der Waals surface area contributed by atoms with E-state index in [-0.39, 0.29) is 17.6 Å². The highest BCUT2D eigenvalue weighted by atomic mass is 16.6. The lowest BCUT2D eigenvalue weighted by Gasteiger charge is -2.45. The summed E-state index contributed by atoms with van der Waals surface area (Å²) in [6.07, 6.45) is 4.22. The van der Waals surface area contributed by atoms with Crippen molar-refractivity contribution in [3.63, 3.8) is 0 Å². The van der Waals surface area contributed by atoms with Crippen LogP contribution in [0.15, 0.2) is 0 Å². The van der Waals surface area contributed by atoms with Gasteiger partial charge in [0.1, 0.15) is 0 Å². The minimum atomic E-state index is -0.184. The molecule has 0 bridgehead atoms. The van der Waals surface area contributed by atoms with Crippen LogP contribution in [0.3, 0.4) is 0 Å². The van der Waals surface area contributed by atoms with Crippen LogP contribution in [0.4, 0.5) is 4.79 Å². The maximum atomic E-state index is 11.8. The summed E-state index contributed by atoms with van der Waals surface area (Å²) in [7, 11) is 0. The lowest BCUT2D eigenvalue weighted by Crippen LogP contribution is -2.55. The highest BCUT2D eigenvalue weighted by Crippen LogP contribution is 2.30. The molecule has 0 aromatic heterocycles. The molecule has 0 radical (unpaired) electrons. The minimum Gasteiger partial charge on any atom is -0.450 e. The first-order valence-electron chi connectivity index (χ1n) is 9.18. The fraction of sp³-hybridized carbons (Fsp3) is 0.882. The average molecular weight is 339 g/mol. The van der Waals surface area contributed by atoms with Crippen molar-refractivity contribution in [1.29, 1.82) is 0 Å². The van der Waals surface area contributed by atoms with E-state index in [1.54, 1.807) is 0 Å². The number of carbonyl (C=O) groups excluding carboxylic acids is 2. The largest absolute Gasteiger partial charge is 0.450 e. The van der Waals surface area contributed by atoms with Gasteiger partial charge in [-0.2, -0.15) is 0 Å². The van der Waals surface area contributed by atoms with E-state index in [4.69, 9.17) is 9.47 Å².